The van der Waals surface area contributed by atoms with Crippen LogP contribution in [0, 0.1) is 20.8 Å². The van der Waals surface area contributed by atoms with Crippen molar-refractivity contribution in [3.05, 3.63) is 52.6 Å². The third-order valence-electron chi connectivity index (χ3n) is 5.25. The van der Waals surface area contributed by atoms with E-state index >= 15 is 0 Å². The molecule has 2 aromatic carbocycles. The molecule has 1 aliphatic heterocycles. The van der Waals surface area contributed by atoms with Gasteiger partial charge in [-0.15, -0.1) is 0 Å². The molecule has 1 unspecified atom stereocenters. The lowest BCUT2D eigenvalue weighted by atomic mass is 9.87. The van der Waals surface area contributed by atoms with Crippen molar-refractivity contribution < 1.29 is 14.3 Å². The van der Waals surface area contributed by atoms with Crippen LogP contribution in [0.25, 0.3) is 0 Å². The number of hydrogen-bond acceptors (Lipinski definition) is 4. The van der Waals surface area contributed by atoms with Gasteiger partial charge in [0, 0.05) is 18.2 Å². The number of anilines is 1. The van der Waals surface area contributed by atoms with Crippen molar-refractivity contribution in [1.82, 2.24) is 0 Å². The van der Waals surface area contributed by atoms with Crippen LogP contribution in [0.1, 0.15) is 42.5 Å². The number of rotatable bonds is 3. The Morgan fingerprint density at radius 2 is 1.81 bits per heavy atom. The second-order valence-corrected chi connectivity index (χ2v) is 7.67. The Labute approximate surface area is 165 Å². The van der Waals surface area contributed by atoms with E-state index in [1.807, 2.05) is 58.0 Å². The number of benzene rings is 2. The van der Waals surface area contributed by atoms with Gasteiger partial charge in [-0.3, -0.25) is 4.79 Å². The van der Waals surface area contributed by atoms with Gasteiger partial charge in [-0.1, -0.05) is 30.4 Å². The van der Waals surface area contributed by atoms with Crippen LogP contribution in [0.3, 0.4) is 0 Å². The van der Waals surface area contributed by atoms with Crippen LogP contribution in [0.5, 0.6) is 11.5 Å². The van der Waals surface area contributed by atoms with E-state index in [0.29, 0.717) is 10.7 Å². The van der Waals surface area contributed by atoms with Gasteiger partial charge in [-0.2, -0.15) is 0 Å². The lowest BCUT2D eigenvalue weighted by Gasteiger charge is -2.38. The molecule has 0 saturated heterocycles. The third kappa shape index (κ3) is 3.69. The van der Waals surface area contributed by atoms with Gasteiger partial charge in [0.05, 0.1) is 0 Å². The van der Waals surface area contributed by atoms with Crippen LogP contribution >= 0.6 is 12.2 Å². The molecule has 27 heavy (non-hydrogen) atoms. The molecule has 1 heterocycles. The van der Waals surface area contributed by atoms with Gasteiger partial charge < -0.3 is 14.8 Å². The summed E-state index contributed by atoms with van der Waals surface area (Å²) in [4.78, 5) is 12.1. The predicted octanol–water partition coefficient (Wildman–Crippen LogP) is 5.06. The zero-order chi connectivity index (χ0) is 19.8. The summed E-state index contributed by atoms with van der Waals surface area (Å²) >= 11 is 5.68. The second kappa shape index (κ2) is 7.31. The summed E-state index contributed by atoms with van der Waals surface area (Å²) in [5.41, 5.74) is 4.33. The summed E-state index contributed by atoms with van der Waals surface area (Å²) in [6.45, 7) is 9.39. The zero-order valence-electron chi connectivity index (χ0n) is 16.4. The van der Waals surface area contributed by atoms with Crippen molar-refractivity contribution in [2.24, 2.45) is 0 Å². The molecule has 3 rings (SSSR count). The third-order valence-corrected chi connectivity index (χ3v) is 5.78. The molecule has 0 radical (unpaired) electrons. The summed E-state index contributed by atoms with van der Waals surface area (Å²) in [6, 6.07) is 9.88. The molecule has 0 fully saturated rings. The van der Waals surface area contributed by atoms with Crippen molar-refractivity contribution in [2.45, 2.75) is 53.1 Å². The minimum atomic E-state index is -0.592. The Kier molecular flexibility index (Phi) is 5.24. The molecule has 0 spiro atoms. The zero-order valence-corrected chi connectivity index (χ0v) is 17.3. The van der Waals surface area contributed by atoms with Crippen molar-refractivity contribution in [3.8, 4) is 11.5 Å². The van der Waals surface area contributed by atoms with Crippen LogP contribution in [0.15, 0.2) is 30.3 Å². The SMILES string of the molecule is CC(=O)Oc1c(C)c(C)c2c(c1C)CCC(C)(C(=S)Nc1ccccc1)O2. The fourth-order valence-corrected chi connectivity index (χ4v) is 3.74. The molecule has 0 amide bonds. The number of esters is 1. The van der Waals surface area contributed by atoms with E-state index < -0.39 is 5.60 Å². The normalized spacial score (nSPS) is 18.3. The Morgan fingerprint density at radius 3 is 2.44 bits per heavy atom. The highest BCUT2D eigenvalue weighted by Crippen LogP contribution is 2.44. The number of ether oxygens (including phenoxy) is 2. The van der Waals surface area contributed by atoms with Gasteiger partial charge >= 0.3 is 5.97 Å². The molecule has 1 N–H and O–H groups in total. The van der Waals surface area contributed by atoms with E-state index in [2.05, 4.69) is 5.32 Å². The fourth-order valence-electron chi connectivity index (χ4n) is 3.48. The highest BCUT2D eigenvalue weighted by Gasteiger charge is 2.38. The number of carbonyl (C=O) groups excluding carboxylic acids is 1. The van der Waals surface area contributed by atoms with Crippen molar-refractivity contribution >= 4 is 28.9 Å². The number of para-hydroxylation sites is 1. The Bertz CT molecular complexity index is 908. The van der Waals surface area contributed by atoms with Gasteiger partial charge in [-0.25, -0.2) is 0 Å². The first kappa shape index (κ1) is 19.4. The molecule has 2 aromatic rings. The van der Waals surface area contributed by atoms with Gasteiger partial charge in [0.15, 0.2) is 5.60 Å². The van der Waals surface area contributed by atoms with Crippen LogP contribution in [0.2, 0.25) is 0 Å². The number of thiocarbonyl (C=S) groups is 1. The largest absolute Gasteiger partial charge is 0.480 e. The summed E-state index contributed by atoms with van der Waals surface area (Å²) < 4.78 is 11.9. The van der Waals surface area contributed by atoms with Crippen LogP contribution in [0.4, 0.5) is 5.69 Å². The predicted molar refractivity (Wildman–Crippen MR) is 112 cm³/mol. The van der Waals surface area contributed by atoms with Crippen LogP contribution in [-0.4, -0.2) is 16.6 Å². The fraction of sp³-hybridized carbons (Fsp3) is 0.364. The first-order valence-corrected chi connectivity index (χ1v) is 9.50. The number of nitrogens with one attached hydrogen (secondary N) is 1. The van der Waals surface area contributed by atoms with Crippen molar-refractivity contribution in [2.75, 3.05) is 5.32 Å². The summed E-state index contributed by atoms with van der Waals surface area (Å²) in [6.07, 6.45) is 1.56. The summed E-state index contributed by atoms with van der Waals surface area (Å²) in [5, 5.41) is 3.31. The van der Waals surface area contributed by atoms with Gasteiger partial charge in [0.25, 0.3) is 0 Å². The minimum absolute atomic E-state index is 0.310. The molecule has 0 aliphatic carbocycles. The topological polar surface area (TPSA) is 47.6 Å². The molecule has 0 aromatic heterocycles. The first-order valence-electron chi connectivity index (χ1n) is 9.09. The molecule has 142 valence electrons. The highest BCUT2D eigenvalue weighted by molar-refractivity contribution is 7.80. The Hall–Kier alpha value is -2.40. The van der Waals surface area contributed by atoms with Gasteiger partial charge in [0.2, 0.25) is 0 Å². The summed E-state index contributed by atoms with van der Waals surface area (Å²) in [7, 11) is 0. The number of fused-ring (bicyclic) bond motifs is 1. The molecule has 4 nitrogen and oxygen atoms in total. The van der Waals surface area contributed by atoms with Gasteiger partial charge in [0.1, 0.15) is 16.5 Å². The lowest BCUT2D eigenvalue weighted by Crippen LogP contribution is -2.47. The maximum atomic E-state index is 11.5. The Morgan fingerprint density at radius 1 is 1.15 bits per heavy atom. The molecule has 0 saturated carbocycles. The highest BCUT2D eigenvalue weighted by atomic mass is 32.1. The quantitative estimate of drug-likeness (QED) is 0.456. The van der Waals surface area contributed by atoms with E-state index in [1.54, 1.807) is 0 Å². The smallest absolute Gasteiger partial charge is 0.308 e. The lowest BCUT2D eigenvalue weighted by molar-refractivity contribution is -0.132. The van der Waals surface area contributed by atoms with Crippen LogP contribution in [-0.2, 0) is 11.2 Å². The first-order chi connectivity index (χ1) is 12.7. The van der Waals surface area contributed by atoms with E-state index in [9.17, 15) is 4.79 Å². The van der Waals surface area contributed by atoms with Crippen molar-refractivity contribution in [3.63, 3.8) is 0 Å². The molecule has 0 bridgehead atoms. The molecular weight excluding hydrogens is 358 g/mol. The number of carbonyl (C=O) groups is 1. The van der Waals surface area contributed by atoms with E-state index in [-0.39, 0.29) is 5.97 Å². The van der Waals surface area contributed by atoms with Gasteiger partial charge in [-0.05, 0) is 69.4 Å². The van der Waals surface area contributed by atoms with E-state index in [4.69, 9.17) is 21.7 Å². The number of hydrogen-bond donors (Lipinski definition) is 1. The second-order valence-electron chi connectivity index (χ2n) is 7.26. The molecule has 1 aliphatic rings. The maximum absolute atomic E-state index is 11.5. The minimum Gasteiger partial charge on any atom is -0.480 e. The van der Waals surface area contributed by atoms with E-state index in [0.717, 1.165) is 46.5 Å². The average Bonchev–Trinajstić information content (AvgIpc) is 2.64. The molecule has 5 heteroatoms. The molecular formula is C22H25NO3S. The summed E-state index contributed by atoms with van der Waals surface area (Å²) in [5.74, 6) is 1.19. The maximum Gasteiger partial charge on any atom is 0.308 e. The standard InChI is InChI=1S/C22H25NO3S/c1-13-14(2)20-18(15(3)19(13)25-16(4)24)11-12-22(5,26-20)21(27)23-17-9-7-6-8-10-17/h6-10H,11-12H2,1-5H3,(H,23,27). The Balaban J connectivity index is 1.93. The van der Waals surface area contributed by atoms with Crippen LogP contribution < -0.4 is 14.8 Å². The average molecular weight is 384 g/mol. The monoisotopic (exact) mass is 383 g/mol. The molecule has 1 atom stereocenters. The van der Waals surface area contributed by atoms with E-state index in [1.165, 1.54) is 6.92 Å². The van der Waals surface area contributed by atoms with Crippen molar-refractivity contribution in [1.29, 1.82) is 0 Å².